The van der Waals surface area contributed by atoms with Crippen molar-refractivity contribution >= 4 is 22.4 Å². The van der Waals surface area contributed by atoms with Crippen LogP contribution in [0, 0.1) is 17.8 Å². The summed E-state index contributed by atoms with van der Waals surface area (Å²) in [5, 5.41) is 18.4. The van der Waals surface area contributed by atoms with E-state index < -0.39 is 0 Å². The number of para-hydroxylation sites is 1. The second-order valence-electron chi connectivity index (χ2n) is 10.5. The van der Waals surface area contributed by atoms with Gasteiger partial charge >= 0.3 is 0 Å². The van der Waals surface area contributed by atoms with Gasteiger partial charge in [0.25, 0.3) is 5.91 Å². The average Bonchev–Trinajstić information content (AvgIpc) is 3.53. The van der Waals surface area contributed by atoms with Crippen LogP contribution in [0.2, 0.25) is 0 Å². The Kier molecular flexibility index (Phi) is 4.84. The molecule has 4 aliphatic rings. The third kappa shape index (κ3) is 3.67. The summed E-state index contributed by atoms with van der Waals surface area (Å²) in [4.78, 5) is 17.7. The van der Waals surface area contributed by atoms with Crippen molar-refractivity contribution in [3.63, 3.8) is 0 Å². The Bertz CT molecular complexity index is 1340. The molecule has 35 heavy (non-hydrogen) atoms. The van der Waals surface area contributed by atoms with Gasteiger partial charge in [-0.1, -0.05) is 29.5 Å². The summed E-state index contributed by atoms with van der Waals surface area (Å²) in [5.41, 5.74) is 2.92. The number of benzene rings is 1. The molecule has 3 aromatic heterocycles. The maximum absolute atomic E-state index is 13.5. The highest BCUT2D eigenvalue weighted by Gasteiger charge is 2.53. The molecule has 0 atom stereocenters. The van der Waals surface area contributed by atoms with Crippen LogP contribution in [0.5, 0.6) is 0 Å². The molecule has 1 aromatic carbocycles. The van der Waals surface area contributed by atoms with Crippen LogP contribution in [0.4, 0.5) is 5.13 Å². The van der Waals surface area contributed by atoms with Crippen molar-refractivity contribution in [2.24, 2.45) is 17.8 Å². The molecular weight excluding hydrogens is 456 g/mol. The average molecular weight is 483 g/mol. The molecule has 4 bridgehead atoms. The molecule has 4 fully saturated rings. The van der Waals surface area contributed by atoms with Crippen molar-refractivity contribution < 1.29 is 4.79 Å². The Morgan fingerprint density at radius 3 is 2.40 bits per heavy atom. The minimum Gasteiger partial charge on any atom is -0.296 e. The molecule has 1 amide bonds. The van der Waals surface area contributed by atoms with Gasteiger partial charge in [0, 0.05) is 29.6 Å². The first-order valence-electron chi connectivity index (χ1n) is 12.4. The van der Waals surface area contributed by atoms with Crippen molar-refractivity contribution in [3.8, 4) is 16.9 Å². The van der Waals surface area contributed by atoms with E-state index in [9.17, 15) is 4.79 Å². The zero-order chi connectivity index (χ0) is 23.4. The van der Waals surface area contributed by atoms with Gasteiger partial charge in [-0.2, -0.15) is 5.10 Å². The third-order valence-corrected chi connectivity index (χ3v) is 9.14. The molecule has 0 aliphatic heterocycles. The molecule has 0 radical (unpaired) electrons. The minimum absolute atomic E-state index is 0.175. The highest BCUT2D eigenvalue weighted by Crippen LogP contribution is 2.61. The summed E-state index contributed by atoms with van der Waals surface area (Å²) in [5.74, 6) is 2.29. The number of hydrogen-bond donors (Lipinski definition) is 1. The third-order valence-electron chi connectivity index (χ3n) is 8.05. The number of carbonyl (C=O) groups excluding carboxylic acids is 1. The van der Waals surface area contributed by atoms with Gasteiger partial charge < -0.3 is 0 Å². The van der Waals surface area contributed by atoms with Crippen LogP contribution in [0.15, 0.2) is 61.1 Å². The SMILES string of the molecule is O=C(Nc1nnc(C23CC4CC(CC(C4)C2)C3)s1)c1cn(-c2ccccc2)nc1-c1cccnc1. The minimum atomic E-state index is -0.237. The van der Waals surface area contributed by atoms with Crippen LogP contribution >= 0.6 is 11.3 Å². The second kappa shape index (κ2) is 8.09. The summed E-state index contributed by atoms with van der Waals surface area (Å²) < 4.78 is 1.73. The van der Waals surface area contributed by atoms with Crippen LogP contribution < -0.4 is 5.32 Å². The summed E-state index contributed by atoms with van der Waals surface area (Å²) in [6.45, 7) is 0. The van der Waals surface area contributed by atoms with E-state index in [1.54, 1.807) is 34.6 Å². The number of nitrogens with one attached hydrogen (secondary N) is 1. The summed E-state index contributed by atoms with van der Waals surface area (Å²) in [6, 6.07) is 13.5. The Balaban J connectivity index is 1.19. The number of anilines is 1. The van der Waals surface area contributed by atoms with Crippen LogP contribution in [0.1, 0.15) is 53.9 Å². The molecule has 7 nitrogen and oxygen atoms in total. The van der Waals surface area contributed by atoms with Crippen molar-refractivity contribution in [1.29, 1.82) is 0 Å². The summed E-state index contributed by atoms with van der Waals surface area (Å²) >= 11 is 1.56. The molecule has 8 rings (SSSR count). The van der Waals surface area contributed by atoms with Crippen LogP contribution in [-0.4, -0.2) is 30.9 Å². The van der Waals surface area contributed by atoms with E-state index in [-0.39, 0.29) is 11.3 Å². The zero-order valence-electron chi connectivity index (χ0n) is 19.3. The van der Waals surface area contributed by atoms with Gasteiger partial charge in [-0.3, -0.25) is 15.1 Å². The fourth-order valence-corrected chi connectivity index (χ4v) is 7.95. The number of rotatable bonds is 5. The fourth-order valence-electron chi connectivity index (χ4n) is 6.99. The lowest BCUT2D eigenvalue weighted by molar-refractivity contribution is -0.00555. The Morgan fingerprint density at radius 2 is 1.71 bits per heavy atom. The van der Waals surface area contributed by atoms with Gasteiger partial charge in [0.15, 0.2) is 0 Å². The van der Waals surface area contributed by atoms with Gasteiger partial charge in [0.1, 0.15) is 10.7 Å². The molecule has 1 N–H and O–H groups in total. The standard InChI is InChI=1S/C27H26N6OS/c34-24(22-16-33(21-6-2-1-3-7-21)32-23(22)20-5-4-8-28-15-20)29-26-31-30-25(35-26)27-12-17-9-18(13-27)11-19(10-17)14-27/h1-8,15-19H,9-14H2,(H,29,31,34). The van der Waals surface area contributed by atoms with E-state index in [1.807, 2.05) is 42.5 Å². The number of nitrogens with zero attached hydrogens (tertiary/aromatic N) is 5. The van der Waals surface area contributed by atoms with Crippen LogP contribution in [0.3, 0.4) is 0 Å². The van der Waals surface area contributed by atoms with Crippen molar-refractivity contribution in [1.82, 2.24) is 25.0 Å². The second-order valence-corrected chi connectivity index (χ2v) is 11.5. The highest BCUT2D eigenvalue weighted by atomic mass is 32.1. The highest BCUT2D eigenvalue weighted by molar-refractivity contribution is 7.15. The molecule has 4 saturated carbocycles. The lowest BCUT2D eigenvalue weighted by Crippen LogP contribution is -2.48. The topological polar surface area (TPSA) is 85.6 Å². The van der Waals surface area contributed by atoms with E-state index in [0.717, 1.165) is 34.0 Å². The Labute approximate surface area is 207 Å². The quantitative estimate of drug-likeness (QED) is 0.406. The lowest BCUT2D eigenvalue weighted by atomic mass is 9.50. The zero-order valence-corrected chi connectivity index (χ0v) is 20.1. The maximum atomic E-state index is 13.5. The van der Waals surface area contributed by atoms with E-state index in [1.165, 1.54) is 38.5 Å². The molecule has 0 spiro atoms. The first-order valence-corrected chi connectivity index (χ1v) is 13.2. The maximum Gasteiger partial charge on any atom is 0.261 e. The molecular formula is C27H26N6OS. The van der Waals surface area contributed by atoms with Crippen molar-refractivity contribution in [2.75, 3.05) is 5.32 Å². The van der Waals surface area contributed by atoms with Gasteiger partial charge in [0.05, 0.1) is 11.3 Å². The molecule has 0 unspecified atom stereocenters. The number of pyridine rings is 1. The van der Waals surface area contributed by atoms with E-state index >= 15 is 0 Å². The van der Waals surface area contributed by atoms with E-state index in [4.69, 9.17) is 5.10 Å². The predicted octanol–water partition coefficient (Wildman–Crippen LogP) is 5.51. The first kappa shape index (κ1) is 20.9. The van der Waals surface area contributed by atoms with E-state index in [2.05, 4.69) is 20.5 Å². The van der Waals surface area contributed by atoms with Crippen LogP contribution in [0.25, 0.3) is 16.9 Å². The van der Waals surface area contributed by atoms with Gasteiger partial charge in [-0.05, 0) is 80.5 Å². The Hall–Kier alpha value is -3.39. The van der Waals surface area contributed by atoms with Gasteiger partial charge in [-0.15, -0.1) is 10.2 Å². The summed E-state index contributed by atoms with van der Waals surface area (Å²) in [7, 11) is 0. The van der Waals surface area contributed by atoms with Gasteiger partial charge in [-0.25, -0.2) is 4.68 Å². The normalized spacial score (nSPS) is 26.7. The molecule has 4 aromatic rings. The monoisotopic (exact) mass is 482 g/mol. The lowest BCUT2D eigenvalue weighted by Gasteiger charge is -2.55. The summed E-state index contributed by atoms with van der Waals surface area (Å²) in [6.07, 6.45) is 13.1. The van der Waals surface area contributed by atoms with Crippen molar-refractivity contribution in [3.05, 3.63) is 71.6 Å². The molecule has 8 heteroatoms. The van der Waals surface area contributed by atoms with Gasteiger partial charge in [0.2, 0.25) is 5.13 Å². The molecule has 3 heterocycles. The largest absolute Gasteiger partial charge is 0.296 e. The number of amides is 1. The Morgan fingerprint density at radius 1 is 0.971 bits per heavy atom. The predicted molar refractivity (Wildman–Crippen MR) is 135 cm³/mol. The number of carbonyl (C=O) groups is 1. The van der Waals surface area contributed by atoms with E-state index in [0.29, 0.717) is 16.4 Å². The molecule has 4 aliphatic carbocycles. The molecule has 176 valence electrons. The number of hydrogen-bond acceptors (Lipinski definition) is 6. The van der Waals surface area contributed by atoms with Crippen molar-refractivity contribution in [2.45, 2.75) is 43.9 Å². The smallest absolute Gasteiger partial charge is 0.261 e. The fraction of sp³-hybridized carbons (Fsp3) is 0.370. The number of aromatic nitrogens is 5. The first-order chi connectivity index (χ1) is 17.1. The molecule has 0 saturated heterocycles. The van der Waals surface area contributed by atoms with Crippen LogP contribution in [-0.2, 0) is 5.41 Å².